The van der Waals surface area contributed by atoms with Gasteiger partial charge in [0.05, 0.1) is 12.3 Å². The normalized spacial score (nSPS) is 10.4. The molecule has 1 aromatic carbocycles. The van der Waals surface area contributed by atoms with Crippen molar-refractivity contribution in [1.82, 2.24) is 20.2 Å². The van der Waals surface area contributed by atoms with Gasteiger partial charge in [-0.25, -0.2) is 0 Å². The quantitative estimate of drug-likeness (QED) is 0.703. The monoisotopic (exact) mass is 208 g/mol. The Hall–Kier alpha value is -1.40. The zero-order valence-corrected chi connectivity index (χ0v) is 8.09. The highest BCUT2D eigenvalue weighted by Crippen LogP contribution is 2.11. The standard InChI is InChI=1S/C8H8N4OS/c13-5-6-1-3-7(4-2-6)12-8(14)9-10-11-12/h1-4,13H,5H2,(H,9,11,14). The number of aromatic nitrogens is 4. The Balaban J connectivity index is 2.39. The summed E-state index contributed by atoms with van der Waals surface area (Å²) < 4.78 is 1.50. The number of nitrogens with zero attached hydrogens (tertiary/aromatic N) is 4. The molecule has 0 saturated carbocycles. The lowest BCUT2D eigenvalue weighted by molar-refractivity contribution is 0.282. The molecule has 2 rings (SSSR count). The van der Waals surface area contributed by atoms with E-state index in [0.717, 1.165) is 11.3 Å². The molecule has 0 radical (unpaired) electrons. The van der Waals surface area contributed by atoms with Crippen molar-refractivity contribution in [1.29, 1.82) is 0 Å². The van der Waals surface area contributed by atoms with E-state index in [4.69, 9.17) is 5.11 Å². The number of aliphatic hydroxyl groups is 1. The van der Waals surface area contributed by atoms with Crippen LogP contribution in [0.3, 0.4) is 0 Å². The molecule has 0 atom stereocenters. The van der Waals surface area contributed by atoms with Crippen molar-refractivity contribution >= 4 is 12.6 Å². The number of hydrogen-bond donors (Lipinski definition) is 2. The van der Waals surface area contributed by atoms with Gasteiger partial charge in [-0.1, -0.05) is 12.1 Å². The second-order valence-electron chi connectivity index (χ2n) is 2.72. The van der Waals surface area contributed by atoms with Gasteiger partial charge in [0.2, 0.25) is 5.16 Å². The first kappa shape index (κ1) is 9.17. The molecule has 0 bridgehead atoms. The van der Waals surface area contributed by atoms with Crippen LogP contribution in [0.4, 0.5) is 0 Å². The minimum atomic E-state index is 0.0314. The highest BCUT2D eigenvalue weighted by atomic mass is 32.1. The smallest absolute Gasteiger partial charge is 0.211 e. The summed E-state index contributed by atoms with van der Waals surface area (Å²) >= 11 is 4.09. The van der Waals surface area contributed by atoms with Gasteiger partial charge < -0.3 is 5.11 Å². The lowest BCUT2D eigenvalue weighted by Gasteiger charge is -2.01. The van der Waals surface area contributed by atoms with Crippen molar-refractivity contribution in [2.75, 3.05) is 0 Å². The number of hydrogen-bond acceptors (Lipinski definition) is 5. The molecular weight excluding hydrogens is 200 g/mol. The third-order valence-corrected chi connectivity index (χ3v) is 2.10. The van der Waals surface area contributed by atoms with Crippen molar-refractivity contribution in [2.24, 2.45) is 0 Å². The van der Waals surface area contributed by atoms with Gasteiger partial charge in [0, 0.05) is 0 Å². The van der Waals surface area contributed by atoms with E-state index in [-0.39, 0.29) is 6.61 Å². The first-order chi connectivity index (χ1) is 6.81. The first-order valence-electron chi connectivity index (χ1n) is 3.99. The average molecular weight is 208 g/mol. The molecule has 0 saturated heterocycles. The van der Waals surface area contributed by atoms with Crippen LogP contribution in [-0.2, 0) is 6.61 Å². The first-order valence-corrected chi connectivity index (χ1v) is 4.43. The van der Waals surface area contributed by atoms with Gasteiger partial charge >= 0.3 is 0 Å². The number of aliphatic hydroxyl groups excluding tert-OH is 1. The largest absolute Gasteiger partial charge is 0.392 e. The number of tetrazole rings is 1. The van der Waals surface area contributed by atoms with Crippen molar-refractivity contribution in [3.63, 3.8) is 0 Å². The molecule has 0 aliphatic rings. The van der Waals surface area contributed by atoms with E-state index in [9.17, 15) is 0 Å². The summed E-state index contributed by atoms with van der Waals surface area (Å²) in [5.41, 5.74) is 1.67. The van der Waals surface area contributed by atoms with E-state index in [0.29, 0.717) is 5.16 Å². The van der Waals surface area contributed by atoms with Crippen LogP contribution in [0, 0.1) is 0 Å². The van der Waals surface area contributed by atoms with Gasteiger partial charge in [-0.15, -0.1) is 17.7 Å². The second-order valence-corrected chi connectivity index (χ2v) is 3.12. The maximum Gasteiger partial charge on any atom is 0.211 e. The molecule has 0 unspecified atom stereocenters. The minimum absolute atomic E-state index is 0.0314. The molecule has 1 aromatic heterocycles. The van der Waals surface area contributed by atoms with Crippen LogP contribution in [0.25, 0.3) is 5.69 Å². The third-order valence-electron chi connectivity index (χ3n) is 1.82. The predicted molar refractivity (Wildman–Crippen MR) is 52.3 cm³/mol. The fourth-order valence-corrected chi connectivity index (χ4v) is 1.29. The molecular formula is C8H8N4OS. The van der Waals surface area contributed by atoms with Crippen LogP contribution in [0.5, 0.6) is 0 Å². The Morgan fingerprint density at radius 3 is 2.50 bits per heavy atom. The molecule has 0 spiro atoms. The SMILES string of the molecule is OCc1ccc(-n2nnnc2S)cc1. The summed E-state index contributed by atoms with van der Waals surface area (Å²) in [5.74, 6) is 0. The summed E-state index contributed by atoms with van der Waals surface area (Å²) in [6.45, 7) is 0.0314. The Labute approximate surface area is 85.8 Å². The van der Waals surface area contributed by atoms with Gasteiger partial charge in [0.1, 0.15) is 0 Å². The van der Waals surface area contributed by atoms with Gasteiger partial charge in [-0.2, -0.15) is 4.68 Å². The maximum atomic E-state index is 8.85. The fourth-order valence-electron chi connectivity index (χ4n) is 1.09. The summed E-state index contributed by atoms with van der Waals surface area (Å²) in [6, 6.07) is 7.26. The average Bonchev–Trinajstić information content (AvgIpc) is 2.65. The van der Waals surface area contributed by atoms with Gasteiger partial charge in [0.15, 0.2) is 0 Å². The summed E-state index contributed by atoms with van der Waals surface area (Å²) in [6.07, 6.45) is 0. The predicted octanol–water partition coefficient (Wildman–Crippen LogP) is 0.443. The lowest BCUT2D eigenvalue weighted by atomic mass is 10.2. The van der Waals surface area contributed by atoms with E-state index in [2.05, 4.69) is 28.2 Å². The van der Waals surface area contributed by atoms with Gasteiger partial charge in [0.25, 0.3) is 0 Å². The Morgan fingerprint density at radius 2 is 2.00 bits per heavy atom. The molecule has 6 heteroatoms. The Morgan fingerprint density at radius 1 is 1.29 bits per heavy atom. The van der Waals surface area contributed by atoms with Crippen LogP contribution in [-0.4, -0.2) is 25.3 Å². The lowest BCUT2D eigenvalue weighted by Crippen LogP contribution is -1.97. The van der Waals surface area contributed by atoms with Crippen LogP contribution >= 0.6 is 12.6 Å². The molecule has 2 aromatic rings. The third kappa shape index (κ3) is 1.61. The Bertz CT molecular complexity index is 425. The van der Waals surface area contributed by atoms with E-state index in [1.165, 1.54) is 4.68 Å². The van der Waals surface area contributed by atoms with Gasteiger partial charge in [-0.05, 0) is 28.1 Å². The van der Waals surface area contributed by atoms with Crippen LogP contribution in [0.15, 0.2) is 29.4 Å². The molecule has 1 N–H and O–H groups in total. The molecule has 0 aliphatic carbocycles. The fraction of sp³-hybridized carbons (Fsp3) is 0.125. The van der Waals surface area contributed by atoms with Crippen molar-refractivity contribution in [3.8, 4) is 5.69 Å². The zero-order valence-electron chi connectivity index (χ0n) is 7.20. The summed E-state index contributed by atoms with van der Waals surface area (Å²) in [7, 11) is 0. The number of thiol groups is 1. The molecule has 0 fully saturated rings. The molecule has 1 heterocycles. The van der Waals surface area contributed by atoms with Crippen LogP contribution in [0.1, 0.15) is 5.56 Å². The van der Waals surface area contributed by atoms with E-state index in [1.54, 1.807) is 0 Å². The zero-order chi connectivity index (χ0) is 9.97. The van der Waals surface area contributed by atoms with Crippen LogP contribution in [0.2, 0.25) is 0 Å². The summed E-state index contributed by atoms with van der Waals surface area (Å²) in [5, 5.41) is 20.2. The van der Waals surface area contributed by atoms with E-state index >= 15 is 0 Å². The molecule has 14 heavy (non-hydrogen) atoms. The number of rotatable bonds is 2. The van der Waals surface area contributed by atoms with Gasteiger partial charge in [-0.3, -0.25) is 0 Å². The summed E-state index contributed by atoms with van der Waals surface area (Å²) in [4.78, 5) is 0. The molecule has 0 aliphatic heterocycles. The van der Waals surface area contributed by atoms with Crippen LogP contribution < -0.4 is 0 Å². The highest BCUT2D eigenvalue weighted by Gasteiger charge is 2.03. The molecule has 72 valence electrons. The van der Waals surface area contributed by atoms with Crippen molar-refractivity contribution < 1.29 is 5.11 Å². The second kappa shape index (κ2) is 3.77. The Kier molecular flexibility index (Phi) is 2.47. The molecule has 5 nitrogen and oxygen atoms in total. The maximum absolute atomic E-state index is 8.85. The van der Waals surface area contributed by atoms with E-state index in [1.807, 2.05) is 24.3 Å². The van der Waals surface area contributed by atoms with E-state index < -0.39 is 0 Å². The highest BCUT2D eigenvalue weighted by molar-refractivity contribution is 7.80. The van der Waals surface area contributed by atoms with Crippen molar-refractivity contribution in [3.05, 3.63) is 29.8 Å². The minimum Gasteiger partial charge on any atom is -0.392 e. The topological polar surface area (TPSA) is 63.8 Å². The molecule has 0 amide bonds. The number of benzene rings is 1. The van der Waals surface area contributed by atoms with Crippen molar-refractivity contribution in [2.45, 2.75) is 11.8 Å².